The Morgan fingerprint density at radius 3 is 2.83 bits per heavy atom. The fraction of sp³-hybridized carbons (Fsp3) is 0.533. The summed E-state index contributed by atoms with van der Waals surface area (Å²) in [4.78, 5) is 14.4. The fourth-order valence-corrected chi connectivity index (χ4v) is 3.13. The zero-order valence-corrected chi connectivity index (χ0v) is 12.2. The summed E-state index contributed by atoms with van der Waals surface area (Å²) >= 11 is 1.32. The van der Waals surface area contributed by atoms with Crippen LogP contribution < -0.4 is 0 Å². The average molecular weight is 263 g/mol. The van der Waals surface area contributed by atoms with Crippen molar-refractivity contribution in [2.45, 2.75) is 37.5 Å². The lowest BCUT2D eigenvalue weighted by Gasteiger charge is -2.24. The van der Waals surface area contributed by atoms with Crippen molar-refractivity contribution in [1.29, 1.82) is 0 Å². The third-order valence-corrected chi connectivity index (χ3v) is 4.69. The van der Waals surface area contributed by atoms with Crippen LogP contribution >= 0.6 is 11.8 Å². The van der Waals surface area contributed by atoms with Crippen molar-refractivity contribution in [3.8, 4) is 0 Å². The number of hydrogen-bond donors (Lipinski definition) is 0. The lowest BCUT2D eigenvalue weighted by atomic mass is 9.83. The van der Waals surface area contributed by atoms with Crippen LogP contribution in [-0.2, 0) is 12.8 Å². The monoisotopic (exact) mass is 263 g/mol. The molecule has 0 bridgehead atoms. The average Bonchev–Trinajstić information content (AvgIpc) is 2.37. The van der Waals surface area contributed by atoms with Gasteiger partial charge >= 0.3 is 0 Å². The Bertz CT molecular complexity index is 442. The van der Waals surface area contributed by atoms with Crippen LogP contribution in [0.2, 0.25) is 0 Å². The fourth-order valence-electron chi connectivity index (χ4n) is 2.41. The number of fused-ring (bicyclic) bond motifs is 1. The van der Waals surface area contributed by atoms with Crippen molar-refractivity contribution < 1.29 is 4.79 Å². The van der Waals surface area contributed by atoms with Gasteiger partial charge < -0.3 is 4.90 Å². The molecule has 0 aliphatic heterocycles. The number of amides is 1. The highest BCUT2D eigenvalue weighted by molar-refractivity contribution is 8.13. The third-order valence-electron chi connectivity index (χ3n) is 3.66. The number of carbonyl (C=O) groups excluding carboxylic acids is 1. The van der Waals surface area contributed by atoms with Gasteiger partial charge in [-0.05, 0) is 60.2 Å². The van der Waals surface area contributed by atoms with Crippen LogP contribution in [0.3, 0.4) is 0 Å². The molecule has 1 unspecified atom stereocenters. The van der Waals surface area contributed by atoms with Gasteiger partial charge in [-0.25, -0.2) is 0 Å². The highest BCUT2D eigenvalue weighted by Crippen LogP contribution is 2.31. The molecule has 1 aliphatic carbocycles. The molecule has 2 rings (SSSR count). The molecule has 2 nitrogen and oxygen atoms in total. The van der Waals surface area contributed by atoms with Crippen molar-refractivity contribution in [1.82, 2.24) is 4.90 Å². The van der Waals surface area contributed by atoms with Crippen molar-refractivity contribution in [3.05, 3.63) is 29.3 Å². The highest BCUT2D eigenvalue weighted by Gasteiger charge is 2.18. The first-order valence-electron chi connectivity index (χ1n) is 6.61. The largest absolute Gasteiger partial charge is 0.339 e. The van der Waals surface area contributed by atoms with Gasteiger partial charge in [0.15, 0.2) is 0 Å². The van der Waals surface area contributed by atoms with Crippen molar-refractivity contribution in [2.75, 3.05) is 14.1 Å². The SMILES string of the molecule is CCC1CCc2cc(SC(=O)N(C)C)ccc2C1. The number of rotatable bonds is 2. The van der Waals surface area contributed by atoms with Gasteiger partial charge in [-0.3, -0.25) is 4.79 Å². The van der Waals surface area contributed by atoms with E-state index in [9.17, 15) is 4.79 Å². The van der Waals surface area contributed by atoms with E-state index in [4.69, 9.17) is 0 Å². The normalized spacial score (nSPS) is 18.3. The van der Waals surface area contributed by atoms with E-state index in [0.717, 1.165) is 10.8 Å². The van der Waals surface area contributed by atoms with E-state index in [1.165, 1.54) is 48.6 Å². The Kier molecular flexibility index (Phi) is 4.33. The molecular weight excluding hydrogens is 242 g/mol. The van der Waals surface area contributed by atoms with E-state index >= 15 is 0 Å². The molecule has 0 saturated heterocycles. The van der Waals surface area contributed by atoms with E-state index in [0.29, 0.717) is 0 Å². The van der Waals surface area contributed by atoms with Crippen LogP contribution in [0.25, 0.3) is 0 Å². The second-order valence-electron chi connectivity index (χ2n) is 5.21. The topological polar surface area (TPSA) is 20.3 Å². The van der Waals surface area contributed by atoms with E-state index in [-0.39, 0.29) is 5.24 Å². The van der Waals surface area contributed by atoms with Crippen LogP contribution in [0.15, 0.2) is 23.1 Å². The molecule has 98 valence electrons. The zero-order chi connectivity index (χ0) is 13.1. The van der Waals surface area contributed by atoms with E-state index in [2.05, 4.69) is 25.1 Å². The van der Waals surface area contributed by atoms with Crippen LogP contribution in [0.5, 0.6) is 0 Å². The first kappa shape index (κ1) is 13.5. The molecule has 0 saturated carbocycles. The number of carbonyl (C=O) groups is 1. The minimum Gasteiger partial charge on any atom is -0.339 e. The van der Waals surface area contributed by atoms with Crippen molar-refractivity contribution >= 4 is 17.0 Å². The first-order valence-corrected chi connectivity index (χ1v) is 7.42. The molecule has 0 spiro atoms. The Morgan fingerprint density at radius 1 is 1.39 bits per heavy atom. The number of benzene rings is 1. The molecular formula is C15H21NOS. The van der Waals surface area contributed by atoms with Gasteiger partial charge in [0.1, 0.15) is 0 Å². The maximum atomic E-state index is 11.7. The van der Waals surface area contributed by atoms with Gasteiger partial charge in [0.2, 0.25) is 0 Å². The van der Waals surface area contributed by atoms with E-state index in [1.807, 2.05) is 0 Å². The molecule has 0 radical (unpaired) electrons. The maximum absolute atomic E-state index is 11.7. The summed E-state index contributed by atoms with van der Waals surface area (Å²) < 4.78 is 0. The zero-order valence-electron chi connectivity index (χ0n) is 11.4. The molecule has 1 amide bonds. The summed E-state index contributed by atoms with van der Waals surface area (Å²) in [6.07, 6.45) is 4.94. The number of hydrogen-bond acceptors (Lipinski definition) is 2. The Morgan fingerprint density at radius 2 is 2.17 bits per heavy atom. The van der Waals surface area contributed by atoms with E-state index < -0.39 is 0 Å². The van der Waals surface area contributed by atoms with Gasteiger partial charge in [0.25, 0.3) is 5.24 Å². The molecule has 0 aromatic heterocycles. The van der Waals surface area contributed by atoms with Crippen LogP contribution in [0, 0.1) is 5.92 Å². The Hall–Kier alpha value is -0.960. The predicted molar refractivity (Wildman–Crippen MR) is 77.2 cm³/mol. The van der Waals surface area contributed by atoms with E-state index in [1.54, 1.807) is 19.0 Å². The lowest BCUT2D eigenvalue weighted by Crippen LogP contribution is -2.16. The molecule has 0 fully saturated rings. The van der Waals surface area contributed by atoms with Gasteiger partial charge in [-0.15, -0.1) is 0 Å². The number of nitrogens with zero attached hydrogens (tertiary/aromatic N) is 1. The Balaban J connectivity index is 2.11. The summed E-state index contributed by atoms with van der Waals surface area (Å²) in [7, 11) is 3.58. The van der Waals surface area contributed by atoms with Crippen molar-refractivity contribution in [2.24, 2.45) is 5.92 Å². The third kappa shape index (κ3) is 3.08. The summed E-state index contributed by atoms with van der Waals surface area (Å²) in [6, 6.07) is 6.50. The highest BCUT2D eigenvalue weighted by atomic mass is 32.2. The van der Waals surface area contributed by atoms with Gasteiger partial charge in [0, 0.05) is 19.0 Å². The molecule has 1 aromatic rings. The predicted octanol–water partition coefficient (Wildman–Crippen LogP) is 3.98. The second-order valence-corrected chi connectivity index (χ2v) is 6.23. The molecule has 0 heterocycles. The minimum atomic E-state index is 0.0946. The molecule has 18 heavy (non-hydrogen) atoms. The van der Waals surface area contributed by atoms with Crippen LogP contribution in [-0.4, -0.2) is 24.2 Å². The molecule has 1 atom stereocenters. The summed E-state index contributed by atoms with van der Waals surface area (Å²) in [5.74, 6) is 0.847. The molecule has 3 heteroatoms. The molecule has 1 aromatic carbocycles. The van der Waals surface area contributed by atoms with Gasteiger partial charge in [0.05, 0.1) is 0 Å². The second kappa shape index (κ2) is 5.79. The summed E-state index contributed by atoms with van der Waals surface area (Å²) in [5, 5.41) is 0.0946. The smallest absolute Gasteiger partial charge is 0.285 e. The maximum Gasteiger partial charge on any atom is 0.285 e. The first-order chi connectivity index (χ1) is 8.60. The quantitative estimate of drug-likeness (QED) is 0.752. The number of thioether (sulfide) groups is 1. The van der Waals surface area contributed by atoms with Gasteiger partial charge in [-0.1, -0.05) is 19.4 Å². The minimum absolute atomic E-state index is 0.0946. The molecule has 0 N–H and O–H groups in total. The number of aryl methyl sites for hydroxylation is 1. The summed E-state index contributed by atoms with van der Waals surface area (Å²) in [6.45, 7) is 2.27. The lowest BCUT2D eigenvalue weighted by molar-refractivity contribution is 0.241. The van der Waals surface area contributed by atoms with Crippen molar-refractivity contribution in [3.63, 3.8) is 0 Å². The van der Waals surface area contributed by atoms with Crippen LogP contribution in [0.4, 0.5) is 4.79 Å². The van der Waals surface area contributed by atoms with Gasteiger partial charge in [-0.2, -0.15) is 0 Å². The molecule has 1 aliphatic rings. The van der Waals surface area contributed by atoms with Crippen LogP contribution in [0.1, 0.15) is 30.9 Å². The standard InChI is InChI=1S/C15H21NOS/c1-4-11-5-6-13-10-14(8-7-12(13)9-11)18-15(17)16(2)3/h7-8,10-11H,4-6,9H2,1-3H3. The summed E-state index contributed by atoms with van der Waals surface area (Å²) in [5.41, 5.74) is 2.92. The Labute approximate surface area is 114 Å².